The third-order valence-corrected chi connectivity index (χ3v) is 3.11. The Hall–Kier alpha value is -0.0800. The van der Waals surface area contributed by atoms with Crippen LogP contribution in [0, 0.1) is 0 Å². The van der Waals surface area contributed by atoms with E-state index in [1.165, 1.54) is 0 Å². The number of aliphatic hydroxyl groups excluding tert-OH is 1. The van der Waals surface area contributed by atoms with E-state index in [0.29, 0.717) is 0 Å². The van der Waals surface area contributed by atoms with Crippen molar-refractivity contribution in [3.05, 3.63) is 0 Å². The quantitative estimate of drug-likeness (QED) is 0.513. The fourth-order valence-electron chi connectivity index (χ4n) is 2.04. The first-order chi connectivity index (χ1) is 4.56. The van der Waals surface area contributed by atoms with Crippen LogP contribution in [-0.2, 0) is 4.74 Å². The highest BCUT2D eigenvalue weighted by atomic mass is 16.6. The molecule has 1 unspecified atom stereocenters. The fourth-order valence-corrected chi connectivity index (χ4v) is 2.04. The molecule has 2 fully saturated rings. The van der Waals surface area contributed by atoms with Crippen molar-refractivity contribution >= 4 is 0 Å². The largest absolute Gasteiger partial charge is 0.393 e. The minimum atomic E-state index is -0.124. The first-order valence-electron chi connectivity index (χ1n) is 3.94. The van der Waals surface area contributed by atoms with Crippen molar-refractivity contribution in [2.24, 2.45) is 0 Å². The Bertz CT molecular complexity index is 169. The van der Waals surface area contributed by atoms with Gasteiger partial charge in [-0.1, -0.05) is 0 Å². The molecule has 0 aromatic heterocycles. The second-order valence-corrected chi connectivity index (χ2v) is 3.96. The van der Waals surface area contributed by atoms with Crippen LogP contribution in [0.25, 0.3) is 0 Å². The van der Waals surface area contributed by atoms with Crippen LogP contribution in [0.1, 0.15) is 33.1 Å². The average Bonchev–Trinajstić information content (AvgIpc) is 2.33. The molecule has 3 atom stereocenters. The van der Waals surface area contributed by atoms with Crippen LogP contribution in [0.15, 0.2) is 0 Å². The van der Waals surface area contributed by atoms with Crippen LogP contribution >= 0.6 is 0 Å². The first kappa shape index (κ1) is 6.62. The zero-order valence-electron chi connectivity index (χ0n) is 6.55. The maximum Gasteiger partial charge on any atom is 0.0973 e. The molecular weight excluding hydrogens is 128 g/mol. The van der Waals surface area contributed by atoms with Crippen molar-refractivity contribution in [2.45, 2.75) is 50.4 Å². The molecule has 1 N–H and O–H groups in total. The van der Waals surface area contributed by atoms with Gasteiger partial charge >= 0.3 is 0 Å². The highest BCUT2D eigenvalue weighted by molar-refractivity contribution is 5.14. The van der Waals surface area contributed by atoms with E-state index < -0.39 is 0 Å². The number of fused-ring (bicyclic) bond motifs is 1. The maximum absolute atomic E-state index is 9.31. The molecule has 10 heavy (non-hydrogen) atoms. The van der Waals surface area contributed by atoms with E-state index in [0.717, 1.165) is 19.3 Å². The molecule has 0 aromatic rings. The molecule has 2 heteroatoms. The second kappa shape index (κ2) is 1.56. The van der Waals surface area contributed by atoms with E-state index in [2.05, 4.69) is 13.8 Å². The SMILES string of the molecule is C[C@@]12CC(O)CC[C@]1(C)O2. The van der Waals surface area contributed by atoms with E-state index in [4.69, 9.17) is 4.74 Å². The minimum absolute atomic E-state index is 0.00463. The lowest BCUT2D eigenvalue weighted by Gasteiger charge is -2.22. The summed E-state index contributed by atoms with van der Waals surface area (Å²) >= 11 is 0. The van der Waals surface area contributed by atoms with Crippen LogP contribution in [0.3, 0.4) is 0 Å². The maximum atomic E-state index is 9.31. The summed E-state index contributed by atoms with van der Waals surface area (Å²) in [6.45, 7) is 4.23. The zero-order valence-corrected chi connectivity index (χ0v) is 6.55. The number of hydrogen-bond donors (Lipinski definition) is 1. The lowest BCUT2D eigenvalue weighted by molar-refractivity contribution is 0.113. The molecule has 1 heterocycles. The Morgan fingerprint density at radius 2 is 2.10 bits per heavy atom. The van der Waals surface area contributed by atoms with Crippen LogP contribution in [0.5, 0.6) is 0 Å². The van der Waals surface area contributed by atoms with Gasteiger partial charge in [0.2, 0.25) is 0 Å². The van der Waals surface area contributed by atoms with E-state index in [1.54, 1.807) is 0 Å². The molecule has 58 valence electrons. The van der Waals surface area contributed by atoms with Crippen LogP contribution < -0.4 is 0 Å². The third-order valence-electron chi connectivity index (χ3n) is 3.11. The number of hydrogen-bond acceptors (Lipinski definition) is 2. The molecule has 1 saturated carbocycles. The summed E-state index contributed by atoms with van der Waals surface area (Å²) in [5.74, 6) is 0. The molecule has 0 bridgehead atoms. The standard InChI is InChI=1S/C8H14O2/c1-7-4-3-6(9)5-8(7,2)10-7/h6,9H,3-5H2,1-2H3/t6?,7-,8+/m0/s1. The summed E-state index contributed by atoms with van der Waals surface area (Å²) in [5, 5.41) is 9.31. The van der Waals surface area contributed by atoms with Gasteiger partial charge in [-0.25, -0.2) is 0 Å². The Kier molecular flexibility index (Phi) is 1.03. The lowest BCUT2D eigenvalue weighted by atomic mass is 9.80. The number of rotatable bonds is 0. The van der Waals surface area contributed by atoms with Crippen molar-refractivity contribution in [1.29, 1.82) is 0 Å². The van der Waals surface area contributed by atoms with Gasteiger partial charge in [-0.2, -0.15) is 0 Å². The molecule has 2 aliphatic rings. The van der Waals surface area contributed by atoms with Crippen molar-refractivity contribution in [2.75, 3.05) is 0 Å². The molecule has 2 rings (SSSR count). The summed E-state index contributed by atoms with van der Waals surface area (Å²) in [7, 11) is 0. The van der Waals surface area contributed by atoms with Gasteiger partial charge in [0.05, 0.1) is 17.3 Å². The molecule has 0 spiro atoms. The fraction of sp³-hybridized carbons (Fsp3) is 1.00. The molecule has 2 nitrogen and oxygen atoms in total. The van der Waals surface area contributed by atoms with Gasteiger partial charge in [-0.05, 0) is 26.7 Å². The Balaban J connectivity index is 2.12. The first-order valence-corrected chi connectivity index (χ1v) is 3.94. The average molecular weight is 142 g/mol. The van der Waals surface area contributed by atoms with Gasteiger partial charge in [0, 0.05) is 6.42 Å². The van der Waals surface area contributed by atoms with E-state index in [1.807, 2.05) is 0 Å². The summed E-state index contributed by atoms with van der Waals surface area (Å²) in [6.07, 6.45) is 2.63. The third kappa shape index (κ3) is 0.663. The van der Waals surface area contributed by atoms with E-state index in [9.17, 15) is 5.11 Å². The second-order valence-electron chi connectivity index (χ2n) is 3.96. The van der Waals surface area contributed by atoms with Crippen LogP contribution in [-0.4, -0.2) is 22.4 Å². The van der Waals surface area contributed by atoms with Crippen LogP contribution in [0.2, 0.25) is 0 Å². The van der Waals surface area contributed by atoms with Gasteiger partial charge in [0.15, 0.2) is 0 Å². The predicted octanol–water partition coefficient (Wildman–Crippen LogP) is 1.08. The van der Waals surface area contributed by atoms with Gasteiger partial charge in [-0.15, -0.1) is 0 Å². The molecule has 0 radical (unpaired) electrons. The van der Waals surface area contributed by atoms with Gasteiger partial charge in [0.25, 0.3) is 0 Å². The molecule has 1 aliphatic heterocycles. The van der Waals surface area contributed by atoms with E-state index >= 15 is 0 Å². The normalized spacial score (nSPS) is 59.7. The van der Waals surface area contributed by atoms with Crippen molar-refractivity contribution in [1.82, 2.24) is 0 Å². The Morgan fingerprint density at radius 1 is 1.40 bits per heavy atom. The molecule has 1 saturated heterocycles. The Labute approximate surface area is 61.2 Å². The van der Waals surface area contributed by atoms with Crippen molar-refractivity contribution in [3.63, 3.8) is 0 Å². The Morgan fingerprint density at radius 3 is 2.60 bits per heavy atom. The summed E-state index contributed by atoms with van der Waals surface area (Å²) in [4.78, 5) is 0. The van der Waals surface area contributed by atoms with Gasteiger partial charge < -0.3 is 9.84 Å². The minimum Gasteiger partial charge on any atom is -0.393 e. The number of aliphatic hydroxyl groups is 1. The molecule has 1 aliphatic carbocycles. The van der Waals surface area contributed by atoms with Crippen molar-refractivity contribution in [3.8, 4) is 0 Å². The number of epoxide rings is 1. The van der Waals surface area contributed by atoms with Gasteiger partial charge in [-0.3, -0.25) is 0 Å². The van der Waals surface area contributed by atoms with Gasteiger partial charge in [0.1, 0.15) is 0 Å². The highest BCUT2D eigenvalue weighted by Gasteiger charge is 2.65. The molecule has 0 aromatic carbocycles. The lowest BCUT2D eigenvalue weighted by Crippen LogP contribution is -2.31. The molecular formula is C8H14O2. The van der Waals surface area contributed by atoms with E-state index in [-0.39, 0.29) is 17.3 Å². The summed E-state index contributed by atoms with van der Waals surface area (Å²) in [5.41, 5.74) is 0.108. The smallest absolute Gasteiger partial charge is 0.0973 e. The monoisotopic (exact) mass is 142 g/mol. The summed E-state index contributed by atoms with van der Waals surface area (Å²) < 4.78 is 5.56. The predicted molar refractivity (Wildman–Crippen MR) is 37.8 cm³/mol. The van der Waals surface area contributed by atoms with Crippen molar-refractivity contribution < 1.29 is 9.84 Å². The molecule has 0 amide bonds. The highest BCUT2D eigenvalue weighted by Crippen LogP contribution is 2.56. The number of ether oxygens (including phenoxy) is 1. The zero-order chi connectivity index (χ0) is 7.41. The topological polar surface area (TPSA) is 32.8 Å². The summed E-state index contributed by atoms with van der Waals surface area (Å²) in [6, 6.07) is 0. The van der Waals surface area contributed by atoms with Crippen LogP contribution in [0.4, 0.5) is 0 Å².